The molecule has 0 aromatic rings. The number of nitrogens with zero attached hydrogens (tertiary/aromatic N) is 2. The third kappa shape index (κ3) is 3.76. The van der Waals surface area contributed by atoms with Crippen LogP contribution in [0.1, 0.15) is 38.5 Å². The Morgan fingerprint density at radius 3 is 2.24 bits per heavy atom. The SMILES string of the molecule is NCCN(C1CCOCC1)C1CCN(C(=O)C2CC2)CC1. The zero-order chi connectivity index (χ0) is 14.7. The van der Waals surface area contributed by atoms with Crippen LogP contribution in [-0.2, 0) is 9.53 Å². The van der Waals surface area contributed by atoms with E-state index in [1.54, 1.807) is 0 Å². The zero-order valence-electron chi connectivity index (χ0n) is 13.0. The minimum Gasteiger partial charge on any atom is -0.381 e. The summed E-state index contributed by atoms with van der Waals surface area (Å²) in [6.07, 6.45) is 6.69. The van der Waals surface area contributed by atoms with Crippen molar-refractivity contribution in [2.75, 3.05) is 39.4 Å². The summed E-state index contributed by atoms with van der Waals surface area (Å²) < 4.78 is 5.49. The minimum absolute atomic E-state index is 0.359. The summed E-state index contributed by atoms with van der Waals surface area (Å²) in [4.78, 5) is 16.8. The van der Waals surface area contributed by atoms with Crippen LogP contribution in [0.15, 0.2) is 0 Å². The predicted molar refractivity (Wildman–Crippen MR) is 81.9 cm³/mol. The lowest BCUT2D eigenvalue weighted by molar-refractivity contribution is -0.134. The third-order valence-corrected chi connectivity index (χ3v) is 5.22. The van der Waals surface area contributed by atoms with Gasteiger partial charge in [-0.25, -0.2) is 0 Å². The summed E-state index contributed by atoms with van der Waals surface area (Å²) in [7, 11) is 0. The Kier molecular flexibility index (Phi) is 5.14. The molecule has 0 spiro atoms. The van der Waals surface area contributed by atoms with E-state index >= 15 is 0 Å². The number of piperidine rings is 1. The van der Waals surface area contributed by atoms with Crippen LogP contribution in [0, 0.1) is 5.92 Å². The van der Waals surface area contributed by atoms with Crippen LogP contribution in [0.3, 0.4) is 0 Å². The minimum atomic E-state index is 0.359. The first-order valence-corrected chi connectivity index (χ1v) is 8.62. The first-order chi connectivity index (χ1) is 10.3. The Balaban J connectivity index is 1.53. The van der Waals surface area contributed by atoms with E-state index in [0.717, 1.165) is 77.9 Å². The fourth-order valence-corrected chi connectivity index (χ4v) is 3.84. The van der Waals surface area contributed by atoms with E-state index < -0.39 is 0 Å². The molecular weight excluding hydrogens is 266 g/mol. The number of carbonyl (C=O) groups excluding carboxylic acids is 1. The maximum Gasteiger partial charge on any atom is 0.225 e. The van der Waals surface area contributed by atoms with Gasteiger partial charge in [0, 0.05) is 57.4 Å². The van der Waals surface area contributed by atoms with Crippen LogP contribution in [0.2, 0.25) is 0 Å². The van der Waals surface area contributed by atoms with Crippen molar-refractivity contribution in [3.05, 3.63) is 0 Å². The Bertz CT molecular complexity index is 345. The number of hydrogen-bond donors (Lipinski definition) is 1. The fraction of sp³-hybridized carbons (Fsp3) is 0.938. The quantitative estimate of drug-likeness (QED) is 0.816. The van der Waals surface area contributed by atoms with Gasteiger partial charge < -0.3 is 15.4 Å². The van der Waals surface area contributed by atoms with Gasteiger partial charge in [-0.15, -0.1) is 0 Å². The van der Waals surface area contributed by atoms with Crippen molar-refractivity contribution in [2.24, 2.45) is 11.7 Å². The van der Waals surface area contributed by atoms with E-state index in [9.17, 15) is 4.79 Å². The molecule has 0 aromatic carbocycles. The molecule has 3 fully saturated rings. The molecular formula is C16H29N3O2. The molecule has 0 bridgehead atoms. The Morgan fingerprint density at radius 2 is 1.67 bits per heavy atom. The van der Waals surface area contributed by atoms with Gasteiger partial charge in [-0.3, -0.25) is 9.69 Å². The number of hydrogen-bond acceptors (Lipinski definition) is 4. The maximum atomic E-state index is 12.1. The fourth-order valence-electron chi connectivity index (χ4n) is 3.84. The van der Waals surface area contributed by atoms with Crippen LogP contribution < -0.4 is 5.73 Å². The second-order valence-corrected chi connectivity index (χ2v) is 6.70. The standard InChI is InChI=1S/C16H29N3O2/c17-7-10-19(15-5-11-21-12-6-15)14-3-8-18(9-4-14)16(20)13-1-2-13/h13-15H,1-12,17H2. The highest BCUT2D eigenvalue weighted by atomic mass is 16.5. The maximum absolute atomic E-state index is 12.1. The number of amides is 1. The molecule has 1 amide bonds. The molecule has 21 heavy (non-hydrogen) atoms. The highest BCUT2D eigenvalue weighted by Crippen LogP contribution is 2.32. The summed E-state index contributed by atoms with van der Waals surface area (Å²) >= 11 is 0. The number of rotatable bonds is 5. The van der Waals surface area contributed by atoms with Gasteiger partial charge in [0.25, 0.3) is 0 Å². The van der Waals surface area contributed by atoms with Crippen LogP contribution in [0.5, 0.6) is 0 Å². The molecule has 3 rings (SSSR count). The molecule has 0 aromatic heterocycles. The van der Waals surface area contributed by atoms with Gasteiger partial charge in [-0.05, 0) is 38.5 Å². The van der Waals surface area contributed by atoms with Crippen molar-refractivity contribution >= 4 is 5.91 Å². The first kappa shape index (κ1) is 15.3. The number of nitrogens with two attached hydrogens (primary N) is 1. The van der Waals surface area contributed by atoms with Crippen molar-refractivity contribution in [2.45, 2.75) is 50.6 Å². The monoisotopic (exact) mass is 295 g/mol. The molecule has 2 saturated heterocycles. The molecule has 0 radical (unpaired) electrons. The predicted octanol–water partition coefficient (Wildman–Crippen LogP) is 0.827. The summed E-state index contributed by atoms with van der Waals surface area (Å²) in [6.45, 7) is 5.33. The molecule has 0 unspecified atom stereocenters. The molecule has 1 saturated carbocycles. The smallest absolute Gasteiger partial charge is 0.225 e. The summed E-state index contributed by atoms with van der Waals surface area (Å²) in [6, 6.07) is 1.22. The van der Waals surface area contributed by atoms with E-state index in [0.29, 0.717) is 23.9 Å². The van der Waals surface area contributed by atoms with E-state index in [4.69, 9.17) is 10.5 Å². The third-order valence-electron chi connectivity index (χ3n) is 5.22. The molecule has 120 valence electrons. The van der Waals surface area contributed by atoms with Gasteiger partial charge in [-0.2, -0.15) is 0 Å². The van der Waals surface area contributed by atoms with Crippen molar-refractivity contribution < 1.29 is 9.53 Å². The van der Waals surface area contributed by atoms with Crippen LogP contribution >= 0.6 is 0 Å². The summed E-state index contributed by atoms with van der Waals surface area (Å²) in [5.41, 5.74) is 5.83. The number of likely N-dealkylation sites (tertiary alicyclic amines) is 1. The summed E-state index contributed by atoms with van der Waals surface area (Å²) in [5, 5.41) is 0. The molecule has 2 heterocycles. The molecule has 1 aliphatic carbocycles. The largest absolute Gasteiger partial charge is 0.381 e. The van der Waals surface area contributed by atoms with Crippen LogP contribution in [-0.4, -0.2) is 67.2 Å². The zero-order valence-corrected chi connectivity index (χ0v) is 13.0. The number of ether oxygens (including phenoxy) is 1. The van der Waals surface area contributed by atoms with Crippen molar-refractivity contribution in [1.82, 2.24) is 9.80 Å². The molecule has 5 heteroatoms. The second kappa shape index (κ2) is 7.07. The van der Waals surface area contributed by atoms with E-state index in [1.165, 1.54) is 0 Å². The molecule has 0 atom stereocenters. The average molecular weight is 295 g/mol. The lowest BCUT2D eigenvalue weighted by Crippen LogP contribution is -2.52. The van der Waals surface area contributed by atoms with Crippen molar-refractivity contribution in [3.8, 4) is 0 Å². The van der Waals surface area contributed by atoms with E-state index in [1.807, 2.05) is 0 Å². The Labute approximate surface area is 127 Å². The van der Waals surface area contributed by atoms with Gasteiger partial charge in [-0.1, -0.05) is 0 Å². The lowest BCUT2D eigenvalue weighted by atomic mass is 9.97. The van der Waals surface area contributed by atoms with Crippen molar-refractivity contribution in [3.63, 3.8) is 0 Å². The summed E-state index contributed by atoms with van der Waals surface area (Å²) in [5.74, 6) is 0.766. The normalized spacial score (nSPS) is 25.5. The lowest BCUT2D eigenvalue weighted by Gasteiger charge is -2.43. The highest BCUT2D eigenvalue weighted by Gasteiger charge is 2.36. The van der Waals surface area contributed by atoms with Gasteiger partial charge in [0.2, 0.25) is 5.91 Å². The second-order valence-electron chi connectivity index (χ2n) is 6.70. The molecule has 2 N–H and O–H groups in total. The van der Waals surface area contributed by atoms with E-state index in [2.05, 4.69) is 9.80 Å². The van der Waals surface area contributed by atoms with Gasteiger partial charge in [0.05, 0.1) is 0 Å². The molecule has 5 nitrogen and oxygen atoms in total. The van der Waals surface area contributed by atoms with Gasteiger partial charge in [0.1, 0.15) is 0 Å². The Hall–Kier alpha value is -0.650. The van der Waals surface area contributed by atoms with Gasteiger partial charge in [0.15, 0.2) is 0 Å². The first-order valence-electron chi connectivity index (χ1n) is 8.62. The van der Waals surface area contributed by atoms with Crippen LogP contribution in [0.25, 0.3) is 0 Å². The van der Waals surface area contributed by atoms with E-state index in [-0.39, 0.29) is 0 Å². The Morgan fingerprint density at radius 1 is 1.05 bits per heavy atom. The molecule has 3 aliphatic rings. The van der Waals surface area contributed by atoms with Crippen molar-refractivity contribution in [1.29, 1.82) is 0 Å². The topological polar surface area (TPSA) is 58.8 Å². The van der Waals surface area contributed by atoms with Crippen LogP contribution in [0.4, 0.5) is 0 Å². The highest BCUT2D eigenvalue weighted by molar-refractivity contribution is 5.81. The molecule has 2 aliphatic heterocycles. The van der Waals surface area contributed by atoms with Gasteiger partial charge >= 0.3 is 0 Å². The average Bonchev–Trinajstić information content (AvgIpc) is 3.38. The number of carbonyl (C=O) groups is 1.